The van der Waals surface area contributed by atoms with Crippen molar-refractivity contribution >= 4 is 27.1 Å². The van der Waals surface area contributed by atoms with E-state index >= 15 is 0 Å². The fourth-order valence-corrected chi connectivity index (χ4v) is 2.53. The average Bonchev–Trinajstić information content (AvgIpc) is 2.67. The standard InChI is InChI=1S/C14H12BrN3/c1-9-3-2-4-10(7-9)14-17-13(15)12-8-11(16)5-6-18(12)14/h2-8H,16H2,1H3. The van der Waals surface area contributed by atoms with Crippen molar-refractivity contribution < 1.29 is 0 Å². The van der Waals surface area contributed by atoms with Crippen molar-refractivity contribution in [3.63, 3.8) is 0 Å². The fourth-order valence-electron chi connectivity index (χ4n) is 2.05. The van der Waals surface area contributed by atoms with E-state index in [0.29, 0.717) is 0 Å². The number of aryl methyl sites for hydroxylation is 1. The minimum Gasteiger partial charge on any atom is -0.399 e. The van der Waals surface area contributed by atoms with Gasteiger partial charge in [-0.3, -0.25) is 4.40 Å². The summed E-state index contributed by atoms with van der Waals surface area (Å²) in [5.74, 6) is 0.917. The van der Waals surface area contributed by atoms with E-state index in [0.717, 1.165) is 27.2 Å². The molecule has 0 radical (unpaired) electrons. The Balaban J connectivity index is 2.30. The Morgan fingerprint density at radius 3 is 2.83 bits per heavy atom. The van der Waals surface area contributed by atoms with Crippen LogP contribution in [-0.4, -0.2) is 9.38 Å². The van der Waals surface area contributed by atoms with Crippen LogP contribution in [0.15, 0.2) is 47.2 Å². The zero-order valence-corrected chi connectivity index (χ0v) is 11.5. The van der Waals surface area contributed by atoms with E-state index in [1.165, 1.54) is 5.56 Å². The number of nitrogens with two attached hydrogens (primary N) is 1. The molecule has 0 amide bonds. The predicted octanol–water partition coefficient (Wildman–Crippen LogP) is 3.65. The van der Waals surface area contributed by atoms with E-state index in [-0.39, 0.29) is 0 Å². The monoisotopic (exact) mass is 301 g/mol. The van der Waals surface area contributed by atoms with Gasteiger partial charge in [-0.1, -0.05) is 23.8 Å². The normalized spacial score (nSPS) is 11.0. The minimum absolute atomic E-state index is 0.735. The molecule has 3 rings (SSSR count). The van der Waals surface area contributed by atoms with E-state index in [4.69, 9.17) is 5.73 Å². The van der Waals surface area contributed by atoms with E-state index in [1.54, 1.807) is 0 Å². The molecular weight excluding hydrogens is 290 g/mol. The number of aromatic nitrogens is 2. The van der Waals surface area contributed by atoms with Crippen LogP contribution in [0.2, 0.25) is 0 Å². The highest BCUT2D eigenvalue weighted by molar-refractivity contribution is 9.10. The molecule has 0 aliphatic heterocycles. The van der Waals surface area contributed by atoms with Crippen LogP contribution in [0.25, 0.3) is 16.9 Å². The lowest BCUT2D eigenvalue weighted by atomic mass is 10.1. The van der Waals surface area contributed by atoms with Crippen molar-refractivity contribution in [2.24, 2.45) is 0 Å². The minimum atomic E-state index is 0.735. The number of rotatable bonds is 1. The molecule has 0 bridgehead atoms. The van der Waals surface area contributed by atoms with Gasteiger partial charge in [0.1, 0.15) is 10.4 Å². The Hall–Kier alpha value is -1.81. The molecule has 0 aliphatic carbocycles. The zero-order valence-electron chi connectivity index (χ0n) is 9.89. The Morgan fingerprint density at radius 1 is 1.22 bits per heavy atom. The lowest BCUT2D eigenvalue weighted by Gasteiger charge is -2.03. The molecule has 0 saturated carbocycles. The molecule has 2 heterocycles. The lowest BCUT2D eigenvalue weighted by molar-refractivity contribution is 1.16. The van der Waals surface area contributed by atoms with Crippen molar-refractivity contribution in [2.75, 3.05) is 5.73 Å². The van der Waals surface area contributed by atoms with Crippen LogP contribution in [0.1, 0.15) is 5.56 Å². The second kappa shape index (κ2) is 4.14. The van der Waals surface area contributed by atoms with Gasteiger partial charge >= 0.3 is 0 Å². The summed E-state index contributed by atoms with van der Waals surface area (Å²) in [6, 6.07) is 12.1. The molecule has 0 unspecified atom stereocenters. The number of fused-ring (bicyclic) bond motifs is 1. The summed E-state index contributed by atoms with van der Waals surface area (Å²) in [5, 5.41) is 0. The van der Waals surface area contributed by atoms with Crippen molar-refractivity contribution in [1.29, 1.82) is 0 Å². The van der Waals surface area contributed by atoms with Crippen LogP contribution < -0.4 is 5.73 Å². The number of anilines is 1. The quantitative estimate of drug-likeness (QED) is 0.745. The molecule has 18 heavy (non-hydrogen) atoms. The molecule has 3 nitrogen and oxygen atoms in total. The number of nitrogen functional groups attached to an aromatic ring is 1. The zero-order chi connectivity index (χ0) is 12.7. The number of hydrogen-bond donors (Lipinski definition) is 1. The van der Waals surface area contributed by atoms with E-state index in [2.05, 4.69) is 46.0 Å². The second-order valence-electron chi connectivity index (χ2n) is 4.31. The molecule has 0 fully saturated rings. The number of imidazole rings is 1. The van der Waals surface area contributed by atoms with Crippen molar-refractivity contribution in [2.45, 2.75) is 6.92 Å². The van der Waals surface area contributed by atoms with Gasteiger partial charge in [0.2, 0.25) is 0 Å². The summed E-state index contributed by atoms with van der Waals surface area (Å²) in [6.45, 7) is 2.08. The highest BCUT2D eigenvalue weighted by atomic mass is 79.9. The van der Waals surface area contributed by atoms with Gasteiger partial charge in [-0.2, -0.15) is 0 Å². The van der Waals surface area contributed by atoms with Crippen LogP contribution in [0.4, 0.5) is 5.69 Å². The SMILES string of the molecule is Cc1cccc(-c2nc(Br)c3cc(N)ccn23)c1. The molecule has 4 heteroatoms. The first kappa shape index (κ1) is 11.3. The summed E-state index contributed by atoms with van der Waals surface area (Å²) >= 11 is 3.48. The summed E-state index contributed by atoms with van der Waals surface area (Å²) in [4.78, 5) is 4.57. The molecule has 0 aliphatic rings. The Labute approximate surface area is 113 Å². The van der Waals surface area contributed by atoms with Gasteiger partial charge in [0, 0.05) is 17.4 Å². The first-order valence-corrected chi connectivity index (χ1v) is 6.44. The maximum absolute atomic E-state index is 5.80. The smallest absolute Gasteiger partial charge is 0.145 e. The molecule has 2 aromatic heterocycles. The lowest BCUT2D eigenvalue weighted by Crippen LogP contribution is -1.91. The maximum atomic E-state index is 5.80. The topological polar surface area (TPSA) is 43.3 Å². The summed E-state index contributed by atoms with van der Waals surface area (Å²) in [5.41, 5.74) is 9.83. The number of benzene rings is 1. The third kappa shape index (κ3) is 1.78. The molecule has 0 saturated heterocycles. The third-order valence-corrected chi connectivity index (χ3v) is 3.48. The fraction of sp³-hybridized carbons (Fsp3) is 0.0714. The first-order chi connectivity index (χ1) is 8.65. The number of halogens is 1. The molecule has 90 valence electrons. The molecule has 0 atom stereocenters. The van der Waals surface area contributed by atoms with Crippen LogP contribution in [0.5, 0.6) is 0 Å². The maximum Gasteiger partial charge on any atom is 0.145 e. The molecule has 2 N–H and O–H groups in total. The highest BCUT2D eigenvalue weighted by Crippen LogP contribution is 2.27. The Morgan fingerprint density at radius 2 is 2.06 bits per heavy atom. The van der Waals surface area contributed by atoms with Gasteiger partial charge in [0.15, 0.2) is 0 Å². The number of pyridine rings is 1. The largest absolute Gasteiger partial charge is 0.399 e. The van der Waals surface area contributed by atoms with Crippen LogP contribution in [0, 0.1) is 6.92 Å². The van der Waals surface area contributed by atoms with Gasteiger partial charge in [-0.15, -0.1) is 0 Å². The Kier molecular flexibility index (Phi) is 2.59. The van der Waals surface area contributed by atoms with Gasteiger partial charge in [0.25, 0.3) is 0 Å². The molecule has 1 aromatic carbocycles. The third-order valence-electron chi connectivity index (χ3n) is 2.90. The van der Waals surface area contributed by atoms with Crippen LogP contribution in [0.3, 0.4) is 0 Å². The van der Waals surface area contributed by atoms with Gasteiger partial charge in [-0.05, 0) is 41.1 Å². The summed E-state index contributed by atoms with van der Waals surface area (Å²) in [7, 11) is 0. The summed E-state index contributed by atoms with van der Waals surface area (Å²) in [6.07, 6.45) is 1.94. The predicted molar refractivity (Wildman–Crippen MR) is 77.5 cm³/mol. The van der Waals surface area contributed by atoms with Crippen LogP contribution >= 0.6 is 15.9 Å². The van der Waals surface area contributed by atoms with Crippen molar-refractivity contribution in [1.82, 2.24) is 9.38 Å². The molecular formula is C14H12BrN3. The molecule has 3 aromatic rings. The van der Waals surface area contributed by atoms with E-state index < -0.39 is 0 Å². The van der Waals surface area contributed by atoms with E-state index in [9.17, 15) is 0 Å². The van der Waals surface area contributed by atoms with Gasteiger partial charge in [0.05, 0.1) is 5.52 Å². The summed E-state index contributed by atoms with van der Waals surface area (Å²) < 4.78 is 2.85. The Bertz CT molecular complexity index is 731. The van der Waals surface area contributed by atoms with Gasteiger partial charge in [-0.25, -0.2) is 4.98 Å². The van der Waals surface area contributed by atoms with E-state index in [1.807, 2.05) is 28.8 Å². The first-order valence-electron chi connectivity index (χ1n) is 5.65. The van der Waals surface area contributed by atoms with Gasteiger partial charge < -0.3 is 5.73 Å². The number of nitrogens with zero attached hydrogens (tertiary/aromatic N) is 2. The number of hydrogen-bond acceptors (Lipinski definition) is 2. The second-order valence-corrected chi connectivity index (χ2v) is 5.06. The van der Waals surface area contributed by atoms with Crippen LogP contribution in [-0.2, 0) is 0 Å². The van der Waals surface area contributed by atoms with Crippen molar-refractivity contribution in [3.05, 3.63) is 52.8 Å². The highest BCUT2D eigenvalue weighted by Gasteiger charge is 2.10. The van der Waals surface area contributed by atoms with Crippen molar-refractivity contribution in [3.8, 4) is 11.4 Å². The average molecular weight is 302 g/mol. The molecule has 0 spiro atoms.